The number of rotatable bonds is 9. The van der Waals surface area contributed by atoms with Crippen LogP contribution in [0.25, 0.3) is 0 Å². The Morgan fingerprint density at radius 3 is 2.56 bits per heavy atom. The van der Waals surface area contributed by atoms with Gasteiger partial charge in [-0.3, -0.25) is 4.79 Å². The van der Waals surface area contributed by atoms with Gasteiger partial charge in [0.05, 0.1) is 22.9 Å². The molecule has 2 rings (SSSR count). The van der Waals surface area contributed by atoms with Gasteiger partial charge in [0.15, 0.2) is 5.16 Å². The standard InChI is InChI=1S/C22H35N3O5S2/c1-6-29-16(26)13-32-15-12-23-19(31-5)25-17(15)18(27)22(10-8-7-9-11-22)14-24-20(28)30-21(2,3)4/h12,18,27H,6-11,13-14H2,1-5H3,(H,24,28). The van der Waals surface area contributed by atoms with Crippen LogP contribution in [-0.4, -0.2) is 57.9 Å². The molecule has 1 aromatic heterocycles. The van der Waals surface area contributed by atoms with E-state index in [1.165, 1.54) is 23.5 Å². The number of carbonyl (C=O) groups excluding carboxylic acids is 2. The van der Waals surface area contributed by atoms with Crippen molar-refractivity contribution in [1.29, 1.82) is 0 Å². The maximum atomic E-state index is 12.3. The van der Waals surface area contributed by atoms with Gasteiger partial charge in [0.25, 0.3) is 0 Å². The monoisotopic (exact) mass is 485 g/mol. The highest BCUT2D eigenvalue weighted by atomic mass is 32.2. The molecule has 1 aromatic rings. The summed E-state index contributed by atoms with van der Waals surface area (Å²) < 4.78 is 10.4. The molecule has 1 amide bonds. The van der Waals surface area contributed by atoms with E-state index < -0.39 is 23.2 Å². The van der Waals surface area contributed by atoms with Gasteiger partial charge in [-0.2, -0.15) is 0 Å². The lowest BCUT2D eigenvalue weighted by Crippen LogP contribution is -2.44. The number of aliphatic hydroxyl groups excluding tert-OH is 1. The van der Waals surface area contributed by atoms with E-state index in [9.17, 15) is 14.7 Å². The van der Waals surface area contributed by atoms with Crippen LogP contribution in [0, 0.1) is 5.41 Å². The maximum Gasteiger partial charge on any atom is 0.407 e. The molecule has 0 aromatic carbocycles. The SMILES string of the molecule is CCOC(=O)CSc1cnc(SC)nc1C(O)C1(CNC(=O)OC(C)(C)C)CCCCC1. The van der Waals surface area contributed by atoms with Crippen LogP contribution in [0.5, 0.6) is 0 Å². The highest BCUT2D eigenvalue weighted by Gasteiger charge is 2.42. The lowest BCUT2D eigenvalue weighted by molar-refractivity contribution is -0.139. The number of amides is 1. The zero-order valence-electron chi connectivity index (χ0n) is 19.6. The van der Waals surface area contributed by atoms with Gasteiger partial charge in [-0.15, -0.1) is 11.8 Å². The molecule has 0 aliphatic heterocycles. The van der Waals surface area contributed by atoms with E-state index in [4.69, 9.17) is 9.47 Å². The van der Waals surface area contributed by atoms with Gasteiger partial charge in [0.1, 0.15) is 11.7 Å². The minimum atomic E-state index is -0.920. The summed E-state index contributed by atoms with van der Waals surface area (Å²) in [6.07, 6.45) is 6.62. The van der Waals surface area contributed by atoms with Crippen molar-refractivity contribution in [2.45, 2.75) is 81.6 Å². The Morgan fingerprint density at radius 2 is 1.97 bits per heavy atom. The third-order valence-corrected chi connectivity index (χ3v) is 6.83. The molecule has 0 spiro atoms. The lowest BCUT2D eigenvalue weighted by Gasteiger charge is -2.41. The smallest absolute Gasteiger partial charge is 0.407 e. The number of alkyl carbamates (subject to hydrolysis) is 1. The van der Waals surface area contributed by atoms with E-state index in [1.807, 2.05) is 27.0 Å². The number of esters is 1. The summed E-state index contributed by atoms with van der Waals surface area (Å²) in [5.41, 5.74) is -0.677. The Kier molecular flexibility index (Phi) is 10.1. The summed E-state index contributed by atoms with van der Waals surface area (Å²) in [5.74, 6) is -0.218. The molecule has 1 fully saturated rings. The molecule has 0 radical (unpaired) electrons. The molecule has 1 aliphatic rings. The van der Waals surface area contributed by atoms with Crippen LogP contribution in [0.3, 0.4) is 0 Å². The fraction of sp³-hybridized carbons (Fsp3) is 0.727. The van der Waals surface area contributed by atoms with Crippen molar-refractivity contribution in [3.63, 3.8) is 0 Å². The first-order chi connectivity index (χ1) is 15.1. The lowest BCUT2D eigenvalue weighted by atomic mass is 9.69. The maximum absolute atomic E-state index is 12.3. The topological polar surface area (TPSA) is 111 Å². The zero-order chi connectivity index (χ0) is 23.8. The molecular formula is C22H35N3O5S2. The zero-order valence-corrected chi connectivity index (χ0v) is 21.2. The predicted molar refractivity (Wildman–Crippen MR) is 126 cm³/mol. The van der Waals surface area contributed by atoms with Crippen LogP contribution in [0.2, 0.25) is 0 Å². The van der Waals surface area contributed by atoms with Gasteiger partial charge >= 0.3 is 12.1 Å². The van der Waals surface area contributed by atoms with Gasteiger partial charge in [-0.05, 0) is 46.8 Å². The second-order valence-corrected chi connectivity index (χ2v) is 10.7. The Morgan fingerprint density at radius 1 is 1.28 bits per heavy atom. The molecule has 180 valence electrons. The minimum absolute atomic E-state index is 0.110. The number of nitrogens with zero attached hydrogens (tertiary/aromatic N) is 2. The van der Waals surface area contributed by atoms with Gasteiger partial charge in [0, 0.05) is 18.2 Å². The number of aliphatic hydroxyl groups is 1. The highest BCUT2D eigenvalue weighted by Crippen LogP contribution is 2.47. The second-order valence-electron chi connectivity index (χ2n) is 8.88. The predicted octanol–water partition coefficient (Wildman–Crippen LogP) is 4.36. The molecule has 32 heavy (non-hydrogen) atoms. The molecule has 2 N–H and O–H groups in total. The number of ether oxygens (including phenoxy) is 2. The van der Waals surface area contributed by atoms with Crippen molar-refractivity contribution in [2.75, 3.05) is 25.2 Å². The average molecular weight is 486 g/mol. The largest absolute Gasteiger partial charge is 0.465 e. The van der Waals surface area contributed by atoms with Crippen molar-refractivity contribution in [3.05, 3.63) is 11.9 Å². The van der Waals surface area contributed by atoms with E-state index in [0.717, 1.165) is 32.1 Å². The van der Waals surface area contributed by atoms with E-state index in [2.05, 4.69) is 15.3 Å². The fourth-order valence-corrected chi connectivity index (χ4v) is 4.90. The van der Waals surface area contributed by atoms with Crippen LogP contribution in [-0.2, 0) is 14.3 Å². The van der Waals surface area contributed by atoms with Crippen LogP contribution in [0.4, 0.5) is 4.79 Å². The Labute approximate surface area is 199 Å². The average Bonchev–Trinajstić information content (AvgIpc) is 2.75. The number of carbonyl (C=O) groups is 2. The highest BCUT2D eigenvalue weighted by molar-refractivity contribution is 8.00. The van der Waals surface area contributed by atoms with E-state index in [-0.39, 0.29) is 18.3 Å². The van der Waals surface area contributed by atoms with Crippen molar-refractivity contribution in [1.82, 2.24) is 15.3 Å². The summed E-state index contributed by atoms with van der Waals surface area (Å²) >= 11 is 2.64. The molecule has 8 nitrogen and oxygen atoms in total. The molecule has 1 unspecified atom stereocenters. The summed E-state index contributed by atoms with van der Waals surface area (Å²) in [6, 6.07) is 0. The van der Waals surface area contributed by atoms with Gasteiger partial charge in [-0.1, -0.05) is 31.0 Å². The van der Waals surface area contributed by atoms with Gasteiger partial charge < -0.3 is 19.9 Å². The van der Waals surface area contributed by atoms with Crippen molar-refractivity contribution < 1.29 is 24.2 Å². The van der Waals surface area contributed by atoms with Crippen LogP contribution >= 0.6 is 23.5 Å². The first-order valence-corrected chi connectivity index (χ1v) is 13.2. The summed E-state index contributed by atoms with van der Waals surface area (Å²) in [7, 11) is 0. The molecule has 1 saturated carbocycles. The van der Waals surface area contributed by atoms with Gasteiger partial charge in [0.2, 0.25) is 0 Å². The molecule has 1 aliphatic carbocycles. The first-order valence-electron chi connectivity index (χ1n) is 10.9. The van der Waals surface area contributed by atoms with Gasteiger partial charge in [-0.25, -0.2) is 14.8 Å². The Hall–Kier alpha value is -1.52. The normalized spacial score (nSPS) is 16.8. The van der Waals surface area contributed by atoms with Crippen molar-refractivity contribution in [2.24, 2.45) is 5.41 Å². The fourth-order valence-electron chi connectivity index (χ4n) is 3.77. The molecule has 1 heterocycles. The van der Waals surface area contributed by atoms with Crippen LogP contribution < -0.4 is 5.32 Å². The summed E-state index contributed by atoms with van der Waals surface area (Å²) in [4.78, 5) is 33.7. The minimum Gasteiger partial charge on any atom is -0.465 e. The Bertz CT molecular complexity index is 779. The van der Waals surface area contributed by atoms with Crippen LogP contribution in [0.1, 0.15) is 71.6 Å². The van der Waals surface area contributed by atoms with Crippen molar-refractivity contribution in [3.8, 4) is 0 Å². The summed E-state index contributed by atoms with van der Waals surface area (Å²) in [6.45, 7) is 7.81. The molecule has 0 bridgehead atoms. The number of nitrogens with one attached hydrogen (secondary N) is 1. The van der Waals surface area contributed by atoms with E-state index in [0.29, 0.717) is 22.4 Å². The number of aromatic nitrogens is 2. The summed E-state index contributed by atoms with van der Waals surface area (Å²) in [5, 5.41) is 15.0. The quantitative estimate of drug-likeness (QED) is 0.299. The molecule has 0 saturated heterocycles. The molecule has 10 heteroatoms. The van der Waals surface area contributed by atoms with E-state index in [1.54, 1.807) is 13.1 Å². The van der Waals surface area contributed by atoms with Crippen LogP contribution in [0.15, 0.2) is 16.2 Å². The molecular weight excluding hydrogens is 450 g/mol. The van der Waals surface area contributed by atoms with Crippen molar-refractivity contribution >= 4 is 35.6 Å². The second kappa shape index (κ2) is 12.1. The Balaban J connectivity index is 2.28. The number of hydrogen-bond donors (Lipinski definition) is 2. The number of hydrogen-bond acceptors (Lipinski definition) is 9. The van der Waals surface area contributed by atoms with E-state index >= 15 is 0 Å². The number of thioether (sulfide) groups is 2. The molecule has 1 atom stereocenters. The first kappa shape index (κ1) is 26.7. The third-order valence-electron chi connectivity index (χ3n) is 5.27. The third kappa shape index (κ3) is 7.81.